The number of nitro benzene ring substituents is 1. The number of rotatable bonds is 3. The molecule has 0 bridgehead atoms. The second-order valence-electron chi connectivity index (χ2n) is 3.33. The highest BCUT2D eigenvalue weighted by molar-refractivity contribution is 5.76. The van der Waals surface area contributed by atoms with Crippen LogP contribution in [0.2, 0.25) is 0 Å². The predicted octanol–water partition coefficient (Wildman–Crippen LogP) is 1.43. The lowest BCUT2D eigenvalue weighted by molar-refractivity contribution is -0.385. The van der Waals surface area contributed by atoms with E-state index >= 15 is 0 Å². The van der Waals surface area contributed by atoms with Gasteiger partial charge in [-0.25, -0.2) is 4.68 Å². The Morgan fingerprint density at radius 3 is 2.82 bits per heavy atom. The molecule has 0 atom stereocenters. The smallest absolute Gasteiger partial charge is 0.258 e. The van der Waals surface area contributed by atoms with Crippen LogP contribution in [-0.2, 0) is 7.05 Å². The Morgan fingerprint density at radius 1 is 1.53 bits per heavy atom. The van der Waals surface area contributed by atoms with Crippen molar-refractivity contribution >= 4 is 11.8 Å². The Labute approximate surface area is 96.5 Å². The molecule has 0 aliphatic heterocycles. The Bertz CT molecular complexity index is 590. The molecular weight excluding hydrogens is 222 g/mol. The van der Waals surface area contributed by atoms with Crippen molar-refractivity contribution in [3.8, 4) is 11.4 Å². The average molecular weight is 231 g/mol. The molecule has 0 N–H and O–H groups in total. The minimum absolute atomic E-state index is 0.0134. The lowest BCUT2D eigenvalue weighted by Crippen LogP contribution is -1.99. The molecule has 2 rings (SSSR count). The average Bonchev–Trinajstić information content (AvgIpc) is 2.74. The van der Waals surface area contributed by atoms with Gasteiger partial charge in [-0.3, -0.25) is 10.1 Å². The monoisotopic (exact) mass is 231 g/mol. The summed E-state index contributed by atoms with van der Waals surface area (Å²) in [5.74, 6) is 0.462. The number of hydrogen-bond donors (Lipinski definition) is 0. The predicted molar refractivity (Wildman–Crippen MR) is 61.0 cm³/mol. The first kappa shape index (κ1) is 10.9. The van der Waals surface area contributed by atoms with E-state index in [4.69, 9.17) is 0 Å². The molecule has 86 valence electrons. The number of aromatic nitrogens is 4. The molecule has 0 amide bonds. The molecule has 1 aromatic heterocycles. The van der Waals surface area contributed by atoms with E-state index in [0.29, 0.717) is 17.0 Å². The van der Waals surface area contributed by atoms with Crippen LogP contribution in [0.3, 0.4) is 0 Å². The topological polar surface area (TPSA) is 86.7 Å². The highest BCUT2D eigenvalue weighted by Gasteiger charge is 2.18. The SMILES string of the molecule is C=Cc1c(-c2nnnn2C)cccc1[N+](=O)[O-]. The summed E-state index contributed by atoms with van der Waals surface area (Å²) in [7, 11) is 1.67. The highest BCUT2D eigenvalue weighted by atomic mass is 16.6. The zero-order valence-corrected chi connectivity index (χ0v) is 9.07. The fraction of sp³-hybridized carbons (Fsp3) is 0.100. The van der Waals surface area contributed by atoms with Gasteiger partial charge in [0.05, 0.1) is 10.5 Å². The molecule has 0 saturated carbocycles. The fourth-order valence-corrected chi connectivity index (χ4v) is 1.58. The Hall–Kier alpha value is -2.57. The second-order valence-corrected chi connectivity index (χ2v) is 3.33. The van der Waals surface area contributed by atoms with Crippen LogP contribution >= 0.6 is 0 Å². The summed E-state index contributed by atoms with van der Waals surface area (Å²) in [6.07, 6.45) is 1.43. The van der Waals surface area contributed by atoms with Gasteiger partial charge in [0.15, 0.2) is 5.82 Å². The van der Waals surface area contributed by atoms with Crippen LogP contribution in [0.4, 0.5) is 5.69 Å². The summed E-state index contributed by atoms with van der Waals surface area (Å²) in [5, 5.41) is 21.9. The molecule has 0 saturated heterocycles. The number of tetrazole rings is 1. The van der Waals surface area contributed by atoms with E-state index in [0.717, 1.165) is 0 Å². The molecule has 7 nitrogen and oxygen atoms in total. The Balaban J connectivity index is 2.71. The van der Waals surface area contributed by atoms with Gasteiger partial charge in [-0.05, 0) is 10.4 Å². The molecule has 7 heteroatoms. The largest absolute Gasteiger partial charge is 0.277 e. The van der Waals surface area contributed by atoms with Gasteiger partial charge in [0.1, 0.15) is 0 Å². The van der Waals surface area contributed by atoms with Gasteiger partial charge < -0.3 is 0 Å². The highest BCUT2D eigenvalue weighted by Crippen LogP contribution is 2.29. The van der Waals surface area contributed by atoms with E-state index < -0.39 is 4.92 Å². The quantitative estimate of drug-likeness (QED) is 0.589. The zero-order chi connectivity index (χ0) is 12.4. The van der Waals surface area contributed by atoms with Gasteiger partial charge in [-0.2, -0.15) is 0 Å². The normalized spacial score (nSPS) is 10.2. The van der Waals surface area contributed by atoms with Crippen molar-refractivity contribution in [3.05, 3.63) is 40.5 Å². The molecule has 1 heterocycles. The molecular formula is C10H9N5O2. The van der Waals surface area contributed by atoms with Crippen molar-refractivity contribution in [1.29, 1.82) is 0 Å². The third kappa shape index (κ3) is 1.78. The maximum atomic E-state index is 10.9. The van der Waals surface area contributed by atoms with E-state index in [1.54, 1.807) is 19.2 Å². The van der Waals surface area contributed by atoms with Crippen LogP contribution in [0.5, 0.6) is 0 Å². The van der Waals surface area contributed by atoms with E-state index in [-0.39, 0.29) is 5.69 Å². The number of hydrogen-bond acceptors (Lipinski definition) is 5. The van der Waals surface area contributed by atoms with Gasteiger partial charge in [0.2, 0.25) is 0 Å². The first-order valence-electron chi connectivity index (χ1n) is 4.77. The van der Waals surface area contributed by atoms with Crippen molar-refractivity contribution < 1.29 is 4.92 Å². The van der Waals surface area contributed by atoms with Gasteiger partial charge in [0.25, 0.3) is 5.69 Å². The third-order valence-corrected chi connectivity index (χ3v) is 2.34. The molecule has 0 aliphatic carbocycles. The Kier molecular flexibility index (Phi) is 2.65. The van der Waals surface area contributed by atoms with Crippen molar-refractivity contribution in [2.75, 3.05) is 0 Å². The minimum atomic E-state index is -0.454. The van der Waals surface area contributed by atoms with Crippen LogP contribution in [0.25, 0.3) is 17.5 Å². The van der Waals surface area contributed by atoms with Crippen molar-refractivity contribution in [1.82, 2.24) is 20.2 Å². The molecule has 0 unspecified atom stereocenters. The summed E-state index contributed by atoms with van der Waals surface area (Å²) in [6.45, 7) is 3.59. The summed E-state index contributed by atoms with van der Waals surface area (Å²) in [6, 6.07) is 4.73. The molecule has 17 heavy (non-hydrogen) atoms. The van der Waals surface area contributed by atoms with Gasteiger partial charge in [-0.15, -0.1) is 5.10 Å². The van der Waals surface area contributed by atoms with Crippen molar-refractivity contribution in [2.24, 2.45) is 7.05 Å². The first-order chi connectivity index (χ1) is 8.15. The van der Waals surface area contributed by atoms with Gasteiger partial charge >= 0.3 is 0 Å². The molecule has 0 aliphatic rings. The van der Waals surface area contributed by atoms with Crippen molar-refractivity contribution in [2.45, 2.75) is 0 Å². The maximum Gasteiger partial charge on any atom is 0.277 e. The lowest BCUT2D eigenvalue weighted by atomic mass is 10.0. The number of nitrogens with zero attached hydrogens (tertiary/aromatic N) is 5. The van der Waals surface area contributed by atoms with Gasteiger partial charge in [0, 0.05) is 18.7 Å². The summed E-state index contributed by atoms with van der Waals surface area (Å²) in [5.41, 5.74) is 0.984. The van der Waals surface area contributed by atoms with Crippen LogP contribution in [0.15, 0.2) is 24.8 Å². The first-order valence-corrected chi connectivity index (χ1v) is 4.77. The van der Waals surface area contributed by atoms with Crippen LogP contribution in [0, 0.1) is 10.1 Å². The van der Waals surface area contributed by atoms with Crippen LogP contribution in [-0.4, -0.2) is 25.1 Å². The zero-order valence-electron chi connectivity index (χ0n) is 9.07. The van der Waals surface area contributed by atoms with Crippen LogP contribution in [0.1, 0.15) is 5.56 Å². The summed E-state index contributed by atoms with van der Waals surface area (Å²) < 4.78 is 1.45. The number of benzene rings is 1. The molecule has 0 fully saturated rings. The third-order valence-electron chi connectivity index (χ3n) is 2.34. The molecule has 1 aromatic carbocycles. The number of nitro groups is 1. The van der Waals surface area contributed by atoms with E-state index in [1.807, 2.05) is 0 Å². The van der Waals surface area contributed by atoms with Gasteiger partial charge in [-0.1, -0.05) is 24.8 Å². The van der Waals surface area contributed by atoms with E-state index in [2.05, 4.69) is 22.1 Å². The maximum absolute atomic E-state index is 10.9. The van der Waals surface area contributed by atoms with E-state index in [1.165, 1.54) is 16.8 Å². The lowest BCUT2D eigenvalue weighted by Gasteiger charge is -2.04. The fourth-order valence-electron chi connectivity index (χ4n) is 1.58. The van der Waals surface area contributed by atoms with Crippen LogP contribution < -0.4 is 0 Å². The summed E-state index contributed by atoms with van der Waals surface area (Å²) in [4.78, 5) is 10.4. The summed E-state index contributed by atoms with van der Waals surface area (Å²) >= 11 is 0. The van der Waals surface area contributed by atoms with E-state index in [9.17, 15) is 10.1 Å². The standard InChI is InChI=1S/C10H9N5O2/c1-3-7-8(10-11-12-13-14(10)2)5-4-6-9(7)15(16)17/h3-6H,1H2,2H3. The van der Waals surface area contributed by atoms with Crippen molar-refractivity contribution in [3.63, 3.8) is 0 Å². The minimum Gasteiger partial charge on any atom is -0.258 e. The molecule has 0 radical (unpaired) electrons. The molecule has 0 spiro atoms. The second kappa shape index (κ2) is 4.12. The molecule has 2 aromatic rings. The Morgan fingerprint density at radius 2 is 2.29 bits per heavy atom. The number of aryl methyl sites for hydroxylation is 1.